The van der Waals surface area contributed by atoms with Crippen LogP contribution in [0.4, 0.5) is 0 Å². The van der Waals surface area contributed by atoms with Crippen LogP contribution < -0.4 is 11.1 Å². The maximum absolute atomic E-state index is 12.1. The van der Waals surface area contributed by atoms with Gasteiger partial charge in [0.1, 0.15) is 0 Å². The van der Waals surface area contributed by atoms with Crippen LogP contribution in [0, 0.1) is 12.8 Å². The molecule has 100 valence electrons. The molecule has 1 heterocycles. The van der Waals surface area contributed by atoms with E-state index in [4.69, 9.17) is 5.73 Å². The van der Waals surface area contributed by atoms with E-state index in [0.29, 0.717) is 0 Å². The van der Waals surface area contributed by atoms with E-state index in [1.54, 1.807) is 11.3 Å². The van der Waals surface area contributed by atoms with Crippen LogP contribution in [0.3, 0.4) is 0 Å². The molecule has 0 bridgehead atoms. The molecule has 1 aliphatic carbocycles. The van der Waals surface area contributed by atoms with Gasteiger partial charge in [-0.15, -0.1) is 11.3 Å². The highest BCUT2D eigenvalue weighted by Crippen LogP contribution is 2.24. The lowest BCUT2D eigenvalue weighted by Gasteiger charge is -2.19. The van der Waals surface area contributed by atoms with Gasteiger partial charge >= 0.3 is 0 Å². The van der Waals surface area contributed by atoms with E-state index < -0.39 is 0 Å². The number of amides is 1. The molecule has 3 unspecified atom stereocenters. The van der Waals surface area contributed by atoms with Crippen molar-refractivity contribution in [2.45, 2.75) is 51.6 Å². The van der Waals surface area contributed by atoms with Gasteiger partial charge in [0, 0.05) is 28.3 Å². The standard InChI is InChI=1S/C14H22N2OS/c1-9(8-11-7-6-10(2)18-11)16-14(17)12-4-3-5-13(12)15/h6-7,9,12-13H,3-5,8,15H2,1-2H3,(H,16,17). The molecule has 1 aromatic heterocycles. The minimum Gasteiger partial charge on any atom is -0.353 e. The molecule has 3 nitrogen and oxygen atoms in total. The summed E-state index contributed by atoms with van der Waals surface area (Å²) in [4.78, 5) is 14.7. The molecule has 0 aromatic carbocycles. The lowest BCUT2D eigenvalue weighted by Crippen LogP contribution is -2.42. The van der Waals surface area contributed by atoms with Gasteiger partial charge in [-0.3, -0.25) is 4.79 Å². The number of nitrogens with one attached hydrogen (secondary N) is 1. The Morgan fingerprint density at radius 3 is 2.89 bits per heavy atom. The first-order valence-corrected chi connectivity index (χ1v) is 7.49. The molecule has 1 amide bonds. The molecule has 0 aliphatic heterocycles. The first kappa shape index (κ1) is 13.6. The van der Waals surface area contributed by atoms with E-state index >= 15 is 0 Å². The second-order valence-corrected chi connectivity index (χ2v) is 6.70. The summed E-state index contributed by atoms with van der Waals surface area (Å²) in [5.74, 6) is 0.165. The SMILES string of the molecule is Cc1ccc(CC(C)NC(=O)C2CCCC2N)s1. The summed E-state index contributed by atoms with van der Waals surface area (Å²) in [6, 6.07) is 4.51. The van der Waals surface area contributed by atoms with Crippen molar-refractivity contribution in [1.82, 2.24) is 5.32 Å². The first-order valence-electron chi connectivity index (χ1n) is 6.67. The second kappa shape index (κ2) is 5.85. The molecule has 1 aromatic rings. The number of carbonyl (C=O) groups excluding carboxylic acids is 1. The molecule has 2 rings (SSSR count). The number of nitrogens with two attached hydrogens (primary N) is 1. The van der Waals surface area contributed by atoms with Gasteiger partial charge < -0.3 is 11.1 Å². The van der Waals surface area contributed by atoms with Gasteiger partial charge in [0.25, 0.3) is 0 Å². The van der Waals surface area contributed by atoms with E-state index in [-0.39, 0.29) is 23.9 Å². The molecule has 1 saturated carbocycles. The number of carbonyl (C=O) groups is 1. The molecule has 3 atom stereocenters. The molecule has 3 N–H and O–H groups in total. The Kier molecular flexibility index (Phi) is 4.40. The van der Waals surface area contributed by atoms with E-state index in [1.807, 2.05) is 0 Å². The van der Waals surface area contributed by atoms with Crippen LogP contribution in [-0.4, -0.2) is 18.0 Å². The van der Waals surface area contributed by atoms with Crippen molar-refractivity contribution in [1.29, 1.82) is 0 Å². The number of hydrogen-bond donors (Lipinski definition) is 2. The average molecular weight is 266 g/mol. The molecule has 4 heteroatoms. The second-order valence-electron chi connectivity index (χ2n) is 5.33. The average Bonchev–Trinajstić information content (AvgIpc) is 2.87. The van der Waals surface area contributed by atoms with Crippen molar-refractivity contribution < 1.29 is 4.79 Å². The molecule has 1 aliphatic rings. The Bertz CT molecular complexity index is 416. The normalized spacial score (nSPS) is 25.1. The van der Waals surface area contributed by atoms with Crippen LogP contribution >= 0.6 is 11.3 Å². The van der Waals surface area contributed by atoms with Crippen molar-refractivity contribution in [2.24, 2.45) is 11.7 Å². The monoisotopic (exact) mass is 266 g/mol. The van der Waals surface area contributed by atoms with Crippen molar-refractivity contribution in [3.63, 3.8) is 0 Å². The predicted octanol–water partition coefficient (Wildman–Crippen LogP) is 2.23. The van der Waals surface area contributed by atoms with Gasteiger partial charge in [-0.05, 0) is 38.8 Å². The van der Waals surface area contributed by atoms with Crippen LogP contribution in [0.2, 0.25) is 0 Å². The maximum Gasteiger partial charge on any atom is 0.224 e. The van der Waals surface area contributed by atoms with Gasteiger partial charge in [0.15, 0.2) is 0 Å². The quantitative estimate of drug-likeness (QED) is 0.878. The van der Waals surface area contributed by atoms with Gasteiger partial charge in [0.05, 0.1) is 5.92 Å². The fraction of sp³-hybridized carbons (Fsp3) is 0.643. The minimum atomic E-state index is 0.0255. The summed E-state index contributed by atoms with van der Waals surface area (Å²) < 4.78 is 0. The predicted molar refractivity (Wildman–Crippen MR) is 75.7 cm³/mol. The number of aryl methyl sites for hydroxylation is 1. The fourth-order valence-corrected chi connectivity index (χ4v) is 3.63. The largest absolute Gasteiger partial charge is 0.353 e. The highest BCUT2D eigenvalue weighted by Gasteiger charge is 2.30. The van der Waals surface area contributed by atoms with E-state index in [1.165, 1.54) is 9.75 Å². The van der Waals surface area contributed by atoms with Gasteiger partial charge in [-0.1, -0.05) is 6.42 Å². The molecule has 0 radical (unpaired) electrons. The van der Waals surface area contributed by atoms with Crippen LogP contribution in [-0.2, 0) is 11.2 Å². The zero-order valence-electron chi connectivity index (χ0n) is 11.1. The topological polar surface area (TPSA) is 55.1 Å². The molecular formula is C14H22N2OS. The van der Waals surface area contributed by atoms with Crippen LogP contribution in [0.15, 0.2) is 12.1 Å². The fourth-order valence-electron chi connectivity index (χ4n) is 2.61. The lowest BCUT2D eigenvalue weighted by molar-refractivity contribution is -0.125. The zero-order valence-corrected chi connectivity index (χ0v) is 11.9. The minimum absolute atomic E-state index is 0.0255. The van der Waals surface area contributed by atoms with Crippen molar-refractivity contribution >= 4 is 17.2 Å². The third-order valence-electron chi connectivity index (χ3n) is 3.60. The van der Waals surface area contributed by atoms with E-state index in [0.717, 1.165) is 25.7 Å². The number of hydrogen-bond acceptors (Lipinski definition) is 3. The van der Waals surface area contributed by atoms with Gasteiger partial charge in [-0.25, -0.2) is 0 Å². The third kappa shape index (κ3) is 3.33. The van der Waals surface area contributed by atoms with Crippen molar-refractivity contribution in [3.8, 4) is 0 Å². The zero-order chi connectivity index (χ0) is 13.1. The van der Waals surface area contributed by atoms with Crippen molar-refractivity contribution in [3.05, 3.63) is 21.9 Å². The Morgan fingerprint density at radius 2 is 2.33 bits per heavy atom. The highest BCUT2D eigenvalue weighted by atomic mass is 32.1. The Labute approximate surface area is 113 Å². The Balaban J connectivity index is 1.83. The Morgan fingerprint density at radius 1 is 1.56 bits per heavy atom. The number of rotatable bonds is 4. The Hall–Kier alpha value is -0.870. The van der Waals surface area contributed by atoms with Crippen LogP contribution in [0.1, 0.15) is 35.9 Å². The smallest absolute Gasteiger partial charge is 0.224 e. The molecule has 18 heavy (non-hydrogen) atoms. The van der Waals surface area contributed by atoms with Gasteiger partial charge in [-0.2, -0.15) is 0 Å². The lowest BCUT2D eigenvalue weighted by atomic mass is 10.0. The summed E-state index contributed by atoms with van der Waals surface area (Å²) >= 11 is 1.80. The molecule has 0 saturated heterocycles. The molecule has 1 fully saturated rings. The van der Waals surface area contributed by atoms with E-state index in [9.17, 15) is 4.79 Å². The summed E-state index contributed by atoms with van der Waals surface area (Å²) in [7, 11) is 0. The van der Waals surface area contributed by atoms with Crippen molar-refractivity contribution in [2.75, 3.05) is 0 Å². The van der Waals surface area contributed by atoms with Gasteiger partial charge in [0.2, 0.25) is 5.91 Å². The van der Waals surface area contributed by atoms with E-state index in [2.05, 4.69) is 31.3 Å². The summed E-state index contributed by atoms with van der Waals surface area (Å²) in [5, 5.41) is 3.10. The summed E-state index contributed by atoms with van der Waals surface area (Å²) in [6.45, 7) is 4.17. The molecule has 0 spiro atoms. The summed E-state index contributed by atoms with van der Waals surface area (Å²) in [6.07, 6.45) is 3.92. The summed E-state index contributed by atoms with van der Waals surface area (Å²) in [5.41, 5.74) is 5.95. The third-order valence-corrected chi connectivity index (χ3v) is 4.62. The van der Waals surface area contributed by atoms with Crippen LogP contribution in [0.5, 0.6) is 0 Å². The van der Waals surface area contributed by atoms with Crippen LogP contribution in [0.25, 0.3) is 0 Å². The maximum atomic E-state index is 12.1. The number of thiophene rings is 1. The molecular weight excluding hydrogens is 244 g/mol. The highest BCUT2D eigenvalue weighted by molar-refractivity contribution is 7.11. The first-order chi connectivity index (χ1) is 8.56.